The standard InChI is InChI=1S/C25H28N2O4/c1-31-25(30)20-10-8-18(9-11-20)23(28)26-21-14-12-19(13-15-21)24(29)27-16-4-6-17-5-2-3-7-22(17)27/h8-15,17,22H,2-7,16H2,1H3,(H,26,28)/t17-,22-/m0/s1. The van der Waals surface area contributed by atoms with Crippen molar-refractivity contribution in [1.82, 2.24) is 4.90 Å². The second kappa shape index (κ2) is 9.33. The SMILES string of the molecule is COC(=O)c1ccc(C(=O)Nc2ccc(C(=O)N3CCC[C@@H]4CCCC[C@@H]43)cc2)cc1. The van der Waals surface area contributed by atoms with Crippen LogP contribution in [0.5, 0.6) is 0 Å². The van der Waals surface area contributed by atoms with E-state index < -0.39 is 5.97 Å². The predicted molar refractivity (Wildman–Crippen MR) is 118 cm³/mol. The van der Waals surface area contributed by atoms with Crippen molar-refractivity contribution in [3.63, 3.8) is 0 Å². The van der Waals surface area contributed by atoms with Gasteiger partial charge in [0.15, 0.2) is 0 Å². The molecule has 1 saturated carbocycles. The van der Waals surface area contributed by atoms with Gasteiger partial charge in [-0.2, -0.15) is 0 Å². The molecule has 31 heavy (non-hydrogen) atoms. The minimum absolute atomic E-state index is 0.0906. The van der Waals surface area contributed by atoms with E-state index in [1.807, 2.05) is 0 Å². The Balaban J connectivity index is 1.40. The largest absolute Gasteiger partial charge is 0.465 e. The number of anilines is 1. The lowest BCUT2D eigenvalue weighted by Crippen LogP contribution is -2.49. The summed E-state index contributed by atoms with van der Waals surface area (Å²) in [5.41, 5.74) is 2.10. The first-order valence-corrected chi connectivity index (χ1v) is 11.0. The van der Waals surface area contributed by atoms with Crippen LogP contribution in [0.4, 0.5) is 5.69 Å². The molecule has 1 heterocycles. The van der Waals surface area contributed by atoms with Gasteiger partial charge in [0.1, 0.15) is 0 Å². The fourth-order valence-corrected chi connectivity index (χ4v) is 4.82. The number of piperidine rings is 1. The molecule has 1 aliphatic heterocycles. The Morgan fingerprint density at radius 3 is 2.16 bits per heavy atom. The van der Waals surface area contributed by atoms with Gasteiger partial charge in [0.2, 0.25) is 0 Å². The fourth-order valence-electron chi connectivity index (χ4n) is 4.82. The fraction of sp³-hybridized carbons (Fsp3) is 0.400. The monoisotopic (exact) mass is 420 g/mol. The van der Waals surface area contributed by atoms with E-state index in [0.29, 0.717) is 34.3 Å². The Kier molecular flexibility index (Phi) is 6.35. The van der Waals surface area contributed by atoms with E-state index in [1.165, 1.54) is 32.8 Å². The van der Waals surface area contributed by atoms with Crippen molar-refractivity contribution in [1.29, 1.82) is 0 Å². The highest BCUT2D eigenvalue weighted by Gasteiger charge is 2.35. The van der Waals surface area contributed by atoms with Gasteiger partial charge in [-0.1, -0.05) is 12.8 Å². The number of nitrogens with zero attached hydrogens (tertiary/aromatic N) is 1. The second-order valence-corrected chi connectivity index (χ2v) is 8.35. The van der Waals surface area contributed by atoms with Crippen LogP contribution in [0.3, 0.4) is 0 Å². The van der Waals surface area contributed by atoms with Gasteiger partial charge in [0, 0.05) is 29.4 Å². The van der Waals surface area contributed by atoms with Crippen molar-refractivity contribution < 1.29 is 19.1 Å². The van der Waals surface area contributed by atoms with Crippen LogP contribution in [0.1, 0.15) is 69.6 Å². The molecule has 1 N–H and O–H groups in total. The lowest BCUT2D eigenvalue weighted by atomic mass is 9.78. The maximum absolute atomic E-state index is 13.1. The summed E-state index contributed by atoms with van der Waals surface area (Å²) >= 11 is 0. The zero-order valence-corrected chi connectivity index (χ0v) is 17.8. The molecule has 6 heteroatoms. The van der Waals surface area contributed by atoms with E-state index in [0.717, 1.165) is 19.4 Å². The molecular formula is C25H28N2O4. The summed E-state index contributed by atoms with van der Waals surface area (Å²) in [6, 6.07) is 13.7. The quantitative estimate of drug-likeness (QED) is 0.738. The molecule has 0 unspecified atom stereocenters. The van der Waals surface area contributed by atoms with E-state index >= 15 is 0 Å². The molecule has 162 valence electrons. The summed E-state index contributed by atoms with van der Waals surface area (Å²) in [5.74, 6) is 0.0143. The highest BCUT2D eigenvalue weighted by Crippen LogP contribution is 2.36. The normalized spacial score (nSPS) is 20.5. The van der Waals surface area contributed by atoms with Crippen LogP contribution < -0.4 is 5.32 Å². The third-order valence-electron chi connectivity index (χ3n) is 6.46. The van der Waals surface area contributed by atoms with Gasteiger partial charge >= 0.3 is 5.97 Å². The van der Waals surface area contributed by atoms with Gasteiger partial charge in [0.25, 0.3) is 11.8 Å². The van der Waals surface area contributed by atoms with Crippen LogP contribution >= 0.6 is 0 Å². The summed E-state index contributed by atoms with van der Waals surface area (Å²) in [5, 5.41) is 2.83. The molecule has 0 bridgehead atoms. The molecule has 1 saturated heterocycles. The Bertz CT molecular complexity index is 950. The Hall–Kier alpha value is -3.15. The molecule has 2 fully saturated rings. The van der Waals surface area contributed by atoms with Crippen molar-refractivity contribution >= 4 is 23.5 Å². The lowest BCUT2D eigenvalue weighted by Gasteiger charge is -2.44. The van der Waals surface area contributed by atoms with Crippen LogP contribution in [0.15, 0.2) is 48.5 Å². The van der Waals surface area contributed by atoms with E-state index in [1.54, 1.807) is 48.5 Å². The van der Waals surface area contributed by atoms with E-state index in [4.69, 9.17) is 0 Å². The molecule has 2 amide bonds. The number of amides is 2. The van der Waals surface area contributed by atoms with Crippen molar-refractivity contribution in [2.24, 2.45) is 5.92 Å². The molecular weight excluding hydrogens is 392 g/mol. The minimum atomic E-state index is -0.444. The number of carbonyl (C=O) groups excluding carboxylic acids is 3. The van der Waals surface area contributed by atoms with E-state index in [9.17, 15) is 14.4 Å². The van der Waals surface area contributed by atoms with Crippen LogP contribution in [0.2, 0.25) is 0 Å². The van der Waals surface area contributed by atoms with Gasteiger partial charge < -0.3 is 15.0 Å². The van der Waals surface area contributed by atoms with Gasteiger partial charge in [-0.05, 0) is 80.1 Å². The van der Waals surface area contributed by atoms with Crippen molar-refractivity contribution in [3.8, 4) is 0 Å². The molecule has 4 rings (SSSR count). The predicted octanol–water partition coefficient (Wildman–Crippen LogP) is 4.52. The molecule has 0 radical (unpaired) electrons. The number of likely N-dealkylation sites (tertiary alicyclic amines) is 1. The number of fused-ring (bicyclic) bond motifs is 1. The summed E-state index contributed by atoms with van der Waals surface area (Å²) in [6.45, 7) is 0.833. The zero-order valence-electron chi connectivity index (χ0n) is 17.8. The molecule has 2 aliphatic rings. The Morgan fingerprint density at radius 2 is 1.45 bits per heavy atom. The second-order valence-electron chi connectivity index (χ2n) is 8.35. The van der Waals surface area contributed by atoms with Gasteiger partial charge in [-0.15, -0.1) is 0 Å². The maximum atomic E-state index is 13.1. The highest BCUT2D eigenvalue weighted by molar-refractivity contribution is 6.05. The first-order chi connectivity index (χ1) is 15.1. The molecule has 0 spiro atoms. The summed E-state index contributed by atoms with van der Waals surface area (Å²) in [6.07, 6.45) is 7.15. The van der Waals surface area contributed by atoms with Crippen molar-refractivity contribution in [2.45, 2.75) is 44.6 Å². The average Bonchev–Trinajstić information content (AvgIpc) is 2.83. The number of hydrogen-bond donors (Lipinski definition) is 1. The Morgan fingerprint density at radius 1 is 0.839 bits per heavy atom. The number of ether oxygens (including phenoxy) is 1. The number of benzene rings is 2. The van der Waals surface area contributed by atoms with E-state index in [-0.39, 0.29) is 11.8 Å². The van der Waals surface area contributed by atoms with Crippen LogP contribution in [0.25, 0.3) is 0 Å². The summed E-state index contributed by atoms with van der Waals surface area (Å²) < 4.78 is 4.67. The molecule has 2 aromatic carbocycles. The molecule has 2 aromatic rings. The average molecular weight is 421 g/mol. The smallest absolute Gasteiger partial charge is 0.337 e. The highest BCUT2D eigenvalue weighted by atomic mass is 16.5. The van der Waals surface area contributed by atoms with Crippen LogP contribution in [-0.4, -0.2) is 42.4 Å². The van der Waals surface area contributed by atoms with Gasteiger partial charge in [-0.25, -0.2) is 4.79 Å². The topological polar surface area (TPSA) is 75.7 Å². The number of hydrogen-bond acceptors (Lipinski definition) is 4. The number of esters is 1. The first kappa shape index (κ1) is 21.1. The molecule has 0 aromatic heterocycles. The van der Waals surface area contributed by atoms with E-state index in [2.05, 4.69) is 15.0 Å². The molecule has 2 atom stereocenters. The lowest BCUT2D eigenvalue weighted by molar-refractivity contribution is 0.0390. The molecule has 1 aliphatic carbocycles. The molecule has 6 nitrogen and oxygen atoms in total. The van der Waals surface area contributed by atoms with Gasteiger partial charge in [-0.3, -0.25) is 9.59 Å². The van der Waals surface area contributed by atoms with Crippen molar-refractivity contribution in [2.75, 3.05) is 19.0 Å². The van der Waals surface area contributed by atoms with Gasteiger partial charge in [0.05, 0.1) is 12.7 Å². The number of carbonyl (C=O) groups is 3. The number of methoxy groups -OCH3 is 1. The minimum Gasteiger partial charge on any atom is -0.465 e. The Labute approximate surface area is 182 Å². The van der Waals surface area contributed by atoms with Crippen LogP contribution in [0, 0.1) is 5.92 Å². The number of nitrogens with one attached hydrogen (secondary N) is 1. The zero-order chi connectivity index (χ0) is 21.8. The first-order valence-electron chi connectivity index (χ1n) is 11.0. The summed E-state index contributed by atoms with van der Waals surface area (Å²) in [4.78, 5) is 39.2. The summed E-state index contributed by atoms with van der Waals surface area (Å²) in [7, 11) is 1.32. The third-order valence-corrected chi connectivity index (χ3v) is 6.46. The maximum Gasteiger partial charge on any atom is 0.337 e. The van der Waals surface area contributed by atoms with Crippen molar-refractivity contribution in [3.05, 3.63) is 65.2 Å². The number of rotatable bonds is 4. The third kappa shape index (κ3) is 4.63. The van der Waals surface area contributed by atoms with Crippen LogP contribution in [-0.2, 0) is 4.74 Å².